The van der Waals surface area contributed by atoms with Gasteiger partial charge in [0.1, 0.15) is 5.69 Å². The van der Waals surface area contributed by atoms with Crippen molar-refractivity contribution in [2.24, 2.45) is 0 Å². The Kier molecular flexibility index (Phi) is 2.41. The molecule has 0 fully saturated rings. The van der Waals surface area contributed by atoms with Crippen molar-refractivity contribution >= 4 is 12.2 Å². The topological polar surface area (TPSA) is 50.7 Å². The highest BCUT2D eigenvalue weighted by molar-refractivity contribution is 7.71. The zero-order valence-corrected chi connectivity index (χ0v) is 7.31. The van der Waals surface area contributed by atoms with Gasteiger partial charge >= 0.3 is 0 Å². The highest BCUT2D eigenvalue weighted by atomic mass is 32.1. The van der Waals surface area contributed by atoms with Gasteiger partial charge in [0.2, 0.25) is 0 Å². The van der Waals surface area contributed by atoms with Crippen LogP contribution >= 0.6 is 12.2 Å². The summed E-state index contributed by atoms with van der Waals surface area (Å²) in [7, 11) is 0. The predicted octanol–water partition coefficient (Wildman–Crippen LogP) is 0.243. The fourth-order valence-corrected chi connectivity index (χ4v) is 0.955. The molecule has 0 aliphatic rings. The fraction of sp³-hybridized carbons (Fsp3) is 0.286. The Balaban J connectivity index is 3.46. The number of terminal acetylenes is 1. The van der Waals surface area contributed by atoms with E-state index in [2.05, 4.69) is 16.1 Å². The molecule has 0 radical (unpaired) electrons. The maximum atomic E-state index is 11.3. The Morgan fingerprint density at radius 2 is 2.50 bits per heavy atom. The number of H-pyrrole nitrogens is 1. The largest absolute Gasteiger partial charge is 0.276 e. The maximum Gasteiger partial charge on any atom is 0.276 e. The van der Waals surface area contributed by atoms with E-state index in [-0.39, 0.29) is 16.9 Å². The molecular formula is C7H7N3OS. The molecule has 0 saturated carbocycles. The molecule has 12 heavy (non-hydrogen) atoms. The van der Waals surface area contributed by atoms with Crippen LogP contribution in [0.5, 0.6) is 0 Å². The first-order chi connectivity index (χ1) is 5.66. The molecule has 0 aromatic carbocycles. The molecule has 1 rings (SSSR count). The SMILES string of the molecule is C#CCn1c(=S)[nH]nc(C)c1=O. The minimum atomic E-state index is -0.239. The van der Waals surface area contributed by atoms with Crippen molar-refractivity contribution in [2.75, 3.05) is 0 Å². The molecule has 4 nitrogen and oxygen atoms in total. The van der Waals surface area contributed by atoms with Gasteiger partial charge in [-0.2, -0.15) is 5.10 Å². The minimum absolute atomic E-state index is 0.178. The number of rotatable bonds is 1. The smallest absolute Gasteiger partial charge is 0.271 e. The highest BCUT2D eigenvalue weighted by Crippen LogP contribution is 1.83. The van der Waals surface area contributed by atoms with Crippen molar-refractivity contribution in [1.29, 1.82) is 0 Å². The van der Waals surface area contributed by atoms with Crippen LogP contribution in [0.1, 0.15) is 5.69 Å². The van der Waals surface area contributed by atoms with Crippen LogP contribution in [0.25, 0.3) is 0 Å². The van der Waals surface area contributed by atoms with Crippen LogP contribution in [0.3, 0.4) is 0 Å². The standard InChI is InChI=1S/C7H7N3OS/c1-3-4-10-6(11)5(2)8-9-7(10)12/h1H,4H2,2H3,(H,9,12). The highest BCUT2D eigenvalue weighted by Gasteiger charge is 1.99. The van der Waals surface area contributed by atoms with Crippen LogP contribution in [-0.4, -0.2) is 14.8 Å². The van der Waals surface area contributed by atoms with Gasteiger partial charge in [-0.1, -0.05) is 5.92 Å². The second-order valence-corrected chi connectivity index (χ2v) is 2.60. The van der Waals surface area contributed by atoms with Gasteiger partial charge in [0.05, 0.1) is 6.54 Å². The van der Waals surface area contributed by atoms with Crippen molar-refractivity contribution in [2.45, 2.75) is 13.5 Å². The van der Waals surface area contributed by atoms with Crippen LogP contribution in [0.2, 0.25) is 0 Å². The third-order valence-corrected chi connectivity index (χ3v) is 1.68. The van der Waals surface area contributed by atoms with E-state index in [1.165, 1.54) is 4.57 Å². The van der Waals surface area contributed by atoms with E-state index >= 15 is 0 Å². The summed E-state index contributed by atoms with van der Waals surface area (Å²) in [6, 6.07) is 0. The van der Waals surface area contributed by atoms with Gasteiger partial charge in [0.25, 0.3) is 5.56 Å². The third kappa shape index (κ3) is 1.43. The van der Waals surface area contributed by atoms with Gasteiger partial charge in [-0.25, -0.2) is 0 Å². The third-order valence-electron chi connectivity index (χ3n) is 1.37. The minimum Gasteiger partial charge on any atom is -0.271 e. The Labute approximate surface area is 74.2 Å². The first-order valence-electron chi connectivity index (χ1n) is 3.26. The maximum absolute atomic E-state index is 11.3. The van der Waals surface area contributed by atoms with Gasteiger partial charge in [-0.05, 0) is 19.1 Å². The second kappa shape index (κ2) is 3.32. The summed E-state index contributed by atoms with van der Waals surface area (Å²) in [6.07, 6.45) is 5.06. The van der Waals surface area contributed by atoms with E-state index in [1.54, 1.807) is 6.92 Å². The van der Waals surface area contributed by atoms with Crippen LogP contribution in [0.4, 0.5) is 0 Å². The Hall–Kier alpha value is -1.41. The van der Waals surface area contributed by atoms with Gasteiger partial charge in [0, 0.05) is 0 Å². The van der Waals surface area contributed by atoms with E-state index in [0.29, 0.717) is 5.69 Å². The average Bonchev–Trinajstić information content (AvgIpc) is 2.06. The molecule has 1 N–H and O–H groups in total. The molecule has 62 valence electrons. The number of nitrogens with one attached hydrogen (secondary N) is 1. The average molecular weight is 181 g/mol. The summed E-state index contributed by atoms with van der Waals surface area (Å²) in [5.41, 5.74) is 0.121. The predicted molar refractivity (Wildman–Crippen MR) is 47.3 cm³/mol. The van der Waals surface area contributed by atoms with E-state index in [1.807, 2.05) is 0 Å². The number of hydrogen-bond donors (Lipinski definition) is 1. The lowest BCUT2D eigenvalue weighted by Crippen LogP contribution is -2.25. The Morgan fingerprint density at radius 1 is 1.83 bits per heavy atom. The molecule has 1 aromatic rings. The molecule has 0 spiro atoms. The lowest BCUT2D eigenvalue weighted by molar-refractivity contribution is 0.699. The Morgan fingerprint density at radius 3 is 3.08 bits per heavy atom. The monoisotopic (exact) mass is 181 g/mol. The summed E-state index contributed by atoms with van der Waals surface area (Å²) >= 11 is 4.81. The van der Waals surface area contributed by atoms with E-state index in [0.717, 1.165) is 0 Å². The van der Waals surface area contributed by atoms with Gasteiger partial charge in [-0.15, -0.1) is 6.42 Å². The zero-order chi connectivity index (χ0) is 9.14. The Bertz CT molecular complexity index is 437. The molecule has 0 amide bonds. The molecule has 0 unspecified atom stereocenters. The number of aromatic amines is 1. The lowest BCUT2D eigenvalue weighted by atomic mass is 10.5. The summed E-state index contributed by atoms with van der Waals surface area (Å²) in [5.74, 6) is 2.34. The molecule has 0 atom stereocenters. The van der Waals surface area contributed by atoms with Crippen LogP contribution in [0.15, 0.2) is 4.79 Å². The van der Waals surface area contributed by atoms with Gasteiger partial charge in [-0.3, -0.25) is 14.5 Å². The summed E-state index contributed by atoms with van der Waals surface area (Å²) in [6.45, 7) is 1.78. The number of nitrogens with zero attached hydrogens (tertiary/aromatic N) is 2. The molecule has 0 aliphatic heterocycles. The van der Waals surface area contributed by atoms with Crippen molar-refractivity contribution in [3.8, 4) is 12.3 Å². The van der Waals surface area contributed by atoms with Crippen LogP contribution in [-0.2, 0) is 6.54 Å². The molecule has 0 bridgehead atoms. The summed E-state index contributed by atoms with van der Waals surface area (Å²) < 4.78 is 1.54. The fourth-order valence-electron chi connectivity index (χ4n) is 0.762. The van der Waals surface area contributed by atoms with E-state index in [4.69, 9.17) is 18.6 Å². The van der Waals surface area contributed by atoms with E-state index in [9.17, 15) is 4.79 Å². The molecule has 1 aromatic heterocycles. The summed E-state index contributed by atoms with van der Waals surface area (Å²) in [4.78, 5) is 11.3. The van der Waals surface area contributed by atoms with Crippen molar-refractivity contribution in [3.05, 3.63) is 20.8 Å². The second-order valence-electron chi connectivity index (χ2n) is 2.21. The van der Waals surface area contributed by atoms with Crippen molar-refractivity contribution in [1.82, 2.24) is 14.8 Å². The van der Waals surface area contributed by atoms with E-state index < -0.39 is 0 Å². The van der Waals surface area contributed by atoms with Crippen LogP contribution < -0.4 is 5.56 Å². The number of aromatic nitrogens is 3. The molecular weight excluding hydrogens is 174 g/mol. The van der Waals surface area contributed by atoms with Crippen LogP contribution in [0, 0.1) is 24.0 Å². The molecule has 0 saturated heterocycles. The summed E-state index contributed by atoms with van der Waals surface area (Å²) in [5, 5.41) is 6.22. The lowest BCUT2D eigenvalue weighted by Gasteiger charge is -1.99. The quantitative estimate of drug-likeness (QED) is 0.499. The normalized spacial score (nSPS) is 9.33. The van der Waals surface area contributed by atoms with Crippen molar-refractivity contribution < 1.29 is 0 Å². The number of aryl methyl sites for hydroxylation is 1. The van der Waals surface area contributed by atoms with Crippen molar-refractivity contribution in [3.63, 3.8) is 0 Å². The zero-order valence-electron chi connectivity index (χ0n) is 6.50. The van der Waals surface area contributed by atoms with Gasteiger partial charge < -0.3 is 0 Å². The van der Waals surface area contributed by atoms with Gasteiger partial charge in [0.15, 0.2) is 4.77 Å². The first kappa shape index (κ1) is 8.68. The number of hydrogen-bond acceptors (Lipinski definition) is 3. The molecule has 5 heteroatoms. The first-order valence-corrected chi connectivity index (χ1v) is 3.67. The molecule has 1 heterocycles. The molecule has 0 aliphatic carbocycles.